The summed E-state index contributed by atoms with van der Waals surface area (Å²) in [6, 6.07) is 41.8. The Morgan fingerprint density at radius 1 is 0.379 bits per heavy atom. The molecular formula is C51H44N4O3. The number of aryl methyl sites for hydroxylation is 3. The average Bonchev–Trinajstić information content (AvgIpc) is 4.09. The first-order chi connectivity index (χ1) is 28.3. The molecule has 3 aromatic heterocycles. The Balaban J connectivity index is 1.42. The maximum atomic E-state index is 10.2. The van der Waals surface area contributed by atoms with Crippen LogP contribution in [0.2, 0.25) is 0 Å². The normalized spacial score (nSPS) is 12.4. The Kier molecular flexibility index (Phi) is 9.58. The molecule has 0 aliphatic carbocycles. The van der Waals surface area contributed by atoms with Crippen LogP contribution >= 0.6 is 0 Å². The number of hydrogen-bond donors (Lipinski definition) is 5. The third-order valence-corrected chi connectivity index (χ3v) is 11.5. The third-order valence-electron chi connectivity index (χ3n) is 11.5. The summed E-state index contributed by atoms with van der Waals surface area (Å²) in [5.41, 5.74) is 17.8. The number of hydrogen-bond acceptors (Lipinski definition) is 5. The van der Waals surface area contributed by atoms with Gasteiger partial charge in [0.25, 0.3) is 0 Å². The Labute approximate surface area is 337 Å². The minimum atomic E-state index is -1.16. The summed E-state index contributed by atoms with van der Waals surface area (Å²) < 4.78 is 0. The van der Waals surface area contributed by atoms with Crippen LogP contribution in [-0.4, -0.2) is 55.1 Å². The van der Waals surface area contributed by atoms with Crippen LogP contribution < -0.4 is 0 Å². The number of fused-ring (bicyclic) bond motifs is 8. The lowest BCUT2D eigenvalue weighted by molar-refractivity contribution is 0.0641. The van der Waals surface area contributed by atoms with Crippen LogP contribution in [0.1, 0.15) is 45.0 Å². The molecule has 7 nitrogen and oxygen atoms in total. The highest BCUT2D eigenvalue weighted by atomic mass is 16.3. The Bertz CT molecular complexity index is 2840. The maximum absolute atomic E-state index is 10.2. The van der Waals surface area contributed by atoms with Crippen molar-refractivity contribution in [3.05, 3.63) is 166 Å². The van der Waals surface area contributed by atoms with E-state index in [9.17, 15) is 15.3 Å². The number of aliphatic hydroxyl groups excluding tert-OH is 3. The van der Waals surface area contributed by atoms with Crippen molar-refractivity contribution in [3.8, 4) is 44.5 Å². The number of benzene rings is 4. The van der Waals surface area contributed by atoms with Gasteiger partial charge in [-0.15, -0.1) is 0 Å². The first-order valence-corrected chi connectivity index (χ1v) is 19.6. The second-order valence-electron chi connectivity index (χ2n) is 15.4. The van der Waals surface area contributed by atoms with Gasteiger partial charge in [-0.25, -0.2) is 9.97 Å². The number of aromatic amines is 2. The second kappa shape index (κ2) is 15.0. The minimum Gasteiger partial charge on any atom is -0.395 e. The zero-order chi connectivity index (χ0) is 40.0. The molecule has 5 heterocycles. The molecule has 0 radical (unpaired) electrons. The first kappa shape index (κ1) is 37.0. The molecule has 0 saturated heterocycles. The molecule has 7 heteroatoms. The van der Waals surface area contributed by atoms with E-state index in [0.29, 0.717) is 5.56 Å². The lowest BCUT2D eigenvalue weighted by Gasteiger charge is -2.28. The highest BCUT2D eigenvalue weighted by Crippen LogP contribution is 2.39. The zero-order valence-electron chi connectivity index (χ0n) is 32.7. The van der Waals surface area contributed by atoms with Crippen LogP contribution in [0.15, 0.2) is 121 Å². The molecule has 0 atom stereocenters. The van der Waals surface area contributed by atoms with Crippen molar-refractivity contribution in [2.45, 2.75) is 26.2 Å². The van der Waals surface area contributed by atoms with E-state index in [1.54, 1.807) is 0 Å². The molecule has 2 aliphatic rings. The van der Waals surface area contributed by atoms with Gasteiger partial charge in [0.1, 0.15) is 0 Å². The number of nitrogens with zero attached hydrogens (tertiary/aromatic N) is 2. The number of H-pyrrole nitrogens is 2. The highest BCUT2D eigenvalue weighted by Gasteiger charge is 2.30. The minimum absolute atomic E-state index is 0.388. The van der Waals surface area contributed by atoms with Gasteiger partial charge in [0, 0.05) is 44.3 Å². The molecule has 0 fully saturated rings. The average molecular weight is 761 g/mol. The number of nitrogens with one attached hydrogen (secondary N) is 2. The van der Waals surface area contributed by atoms with E-state index < -0.39 is 5.41 Å². The fourth-order valence-electron chi connectivity index (χ4n) is 8.00. The van der Waals surface area contributed by atoms with Crippen molar-refractivity contribution >= 4 is 46.4 Å². The number of aromatic nitrogens is 4. The Morgan fingerprint density at radius 3 is 0.897 bits per heavy atom. The smallest absolute Gasteiger partial charge is 0.0737 e. The van der Waals surface area contributed by atoms with Crippen LogP contribution in [-0.2, 0) is 5.41 Å². The van der Waals surface area contributed by atoms with Gasteiger partial charge in [0.05, 0.1) is 48.0 Å². The van der Waals surface area contributed by atoms with E-state index in [4.69, 9.17) is 9.97 Å². The highest BCUT2D eigenvalue weighted by molar-refractivity contribution is 5.99. The molecule has 0 amide bonds. The summed E-state index contributed by atoms with van der Waals surface area (Å²) in [5.74, 6) is 0. The third kappa shape index (κ3) is 6.59. The topological polar surface area (TPSA) is 118 Å². The van der Waals surface area contributed by atoms with E-state index in [0.717, 1.165) is 89.4 Å². The van der Waals surface area contributed by atoms with Gasteiger partial charge in [0.2, 0.25) is 0 Å². The predicted octanol–water partition coefficient (Wildman–Crippen LogP) is 10.5. The number of aliphatic hydroxyl groups is 3. The van der Waals surface area contributed by atoms with E-state index in [1.807, 2.05) is 24.3 Å². The Morgan fingerprint density at radius 2 is 0.638 bits per heavy atom. The molecule has 0 unspecified atom stereocenters. The first-order valence-electron chi connectivity index (χ1n) is 19.6. The van der Waals surface area contributed by atoms with Gasteiger partial charge in [-0.2, -0.15) is 0 Å². The van der Waals surface area contributed by atoms with E-state index in [-0.39, 0.29) is 19.8 Å². The molecule has 8 bridgehead atoms. The van der Waals surface area contributed by atoms with Crippen molar-refractivity contribution < 1.29 is 15.3 Å². The largest absolute Gasteiger partial charge is 0.395 e. The maximum Gasteiger partial charge on any atom is 0.0737 e. The zero-order valence-corrected chi connectivity index (χ0v) is 32.7. The van der Waals surface area contributed by atoms with Gasteiger partial charge in [-0.1, -0.05) is 114 Å². The summed E-state index contributed by atoms with van der Waals surface area (Å²) >= 11 is 0. The molecule has 286 valence electrons. The van der Waals surface area contributed by atoms with Crippen LogP contribution in [0.4, 0.5) is 0 Å². The summed E-state index contributed by atoms with van der Waals surface area (Å²) in [6.45, 7) is 5.12. The fourth-order valence-corrected chi connectivity index (χ4v) is 8.00. The molecular weight excluding hydrogens is 717 g/mol. The summed E-state index contributed by atoms with van der Waals surface area (Å²) in [7, 11) is 0. The molecule has 58 heavy (non-hydrogen) atoms. The van der Waals surface area contributed by atoms with Crippen LogP contribution in [0.5, 0.6) is 0 Å². The van der Waals surface area contributed by atoms with Crippen molar-refractivity contribution in [2.24, 2.45) is 0 Å². The molecule has 9 rings (SSSR count). The van der Waals surface area contributed by atoms with Crippen molar-refractivity contribution in [1.29, 1.82) is 0 Å². The van der Waals surface area contributed by atoms with Crippen LogP contribution in [0, 0.1) is 20.8 Å². The van der Waals surface area contributed by atoms with Crippen LogP contribution in [0.3, 0.4) is 0 Å². The number of rotatable bonds is 8. The SMILES string of the molecule is Cc1ccc(-c2c3nc(c(-c4ccc(C)cc4)c4ccc([nH]4)c(-c4ccc(C(CO)(CO)CO)cc4)c4nc(c(-c5ccc(C)cc5)c5ccc2[nH]5)C=C4)C=C3)cc1. The van der Waals surface area contributed by atoms with Gasteiger partial charge in [0.15, 0.2) is 0 Å². The van der Waals surface area contributed by atoms with Crippen molar-refractivity contribution in [2.75, 3.05) is 19.8 Å². The van der Waals surface area contributed by atoms with Gasteiger partial charge < -0.3 is 25.3 Å². The van der Waals surface area contributed by atoms with Gasteiger partial charge >= 0.3 is 0 Å². The van der Waals surface area contributed by atoms with Crippen molar-refractivity contribution in [1.82, 2.24) is 19.9 Å². The van der Waals surface area contributed by atoms with E-state index in [2.05, 4.69) is 152 Å². The summed E-state index contributed by atoms with van der Waals surface area (Å²) in [5, 5.41) is 30.6. The quantitative estimate of drug-likeness (QED) is 0.106. The van der Waals surface area contributed by atoms with Crippen LogP contribution in [0.25, 0.3) is 90.9 Å². The summed E-state index contributed by atoms with van der Waals surface area (Å²) in [6.07, 6.45) is 8.36. The molecule has 4 aromatic carbocycles. The lowest BCUT2D eigenvalue weighted by atomic mass is 9.82. The molecule has 0 spiro atoms. The van der Waals surface area contributed by atoms with E-state index in [1.165, 1.54) is 16.7 Å². The molecule has 0 saturated carbocycles. The lowest BCUT2D eigenvalue weighted by Crippen LogP contribution is -2.38. The van der Waals surface area contributed by atoms with Crippen molar-refractivity contribution in [3.63, 3.8) is 0 Å². The van der Waals surface area contributed by atoms with Gasteiger partial charge in [-0.05, 0) is 97.2 Å². The predicted molar refractivity (Wildman–Crippen MR) is 238 cm³/mol. The Hall–Kier alpha value is -6.64. The monoisotopic (exact) mass is 760 g/mol. The summed E-state index contributed by atoms with van der Waals surface area (Å²) in [4.78, 5) is 18.4. The fraction of sp³-hybridized carbons (Fsp3) is 0.137. The molecule has 2 aliphatic heterocycles. The standard InChI is InChI=1S/C51H44N4O3/c1-31-4-10-34(11-5-31)47-39-20-22-41(52-39)48(35-12-6-32(2)7-13-35)43-24-26-45(54-43)50(37-16-18-38(19-17-37)51(28-56,29-57)30-58)46-27-25-44(55-46)49(42-23-21-40(47)53-42)36-14-8-33(3)9-15-36/h4-27,52,55-58H,28-30H2,1-3H3. The molecule has 7 aromatic rings. The molecule has 5 N–H and O–H groups in total. The van der Waals surface area contributed by atoms with Gasteiger partial charge in [-0.3, -0.25) is 0 Å². The van der Waals surface area contributed by atoms with E-state index >= 15 is 0 Å². The second-order valence-corrected chi connectivity index (χ2v) is 15.4.